The number of aromatic nitrogens is 1. The highest BCUT2D eigenvalue weighted by Gasteiger charge is 2.31. The standard InChI is InChI=1S/C32H40N4O4/c1-5-23(37)10-8-7-9-11-29(32-33-20-30(36-32)22-12-14-24(15-13-22)40-6-2)35-31(38)19-26-21(3)34-28-17-16-25(39-4)18-27(26)28/h12-18,20,29,34,36H,5-11,19H2,1-4H3,(H,35,38)/q+1/t29-/m0/s1. The minimum atomic E-state index is -0.272. The molecule has 1 aromatic heterocycles. The minimum absolute atomic E-state index is 0.0722. The highest BCUT2D eigenvalue weighted by atomic mass is 16.5. The maximum atomic E-state index is 13.4. The number of benzene rings is 2. The summed E-state index contributed by atoms with van der Waals surface area (Å²) in [5, 5.41) is 7.64. The number of ketones is 1. The summed E-state index contributed by atoms with van der Waals surface area (Å²) in [6.07, 6.45) is 6.63. The second-order valence-corrected chi connectivity index (χ2v) is 10.1. The Morgan fingerprint density at radius 1 is 1.02 bits per heavy atom. The van der Waals surface area contributed by atoms with Crippen LogP contribution in [0.25, 0.3) is 16.6 Å². The maximum Gasteiger partial charge on any atom is 0.319 e. The molecule has 1 radical (unpaired) electrons. The Morgan fingerprint density at radius 3 is 2.52 bits per heavy atom. The van der Waals surface area contributed by atoms with Crippen molar-refractivity contribution in [1.29, 1.82) is 0 Å². The second kappa shape index (κ2) is 13.8. The molecule has 211 valence electrons. The van der Waals surface area contributed by atoms with Gasteiger partial charge in [0, 0.05) is 35.0 Å². The monoisotopic (exact) mass is 544 g/mol. The van der Waals surface area contributed by atoms with Crippen molar-refractivity contribution in [3.05, 3.63) is 65.5 Å². The van der Waals surface area contributed by atoms with E-state index in [2.05, 4.69) is 20.6 Å². The fraction of sp³-hybridized carbons (Fsp3) is 0.406. The van der Waals surface area contributed by atoms with Crippen LogP contribution < -0.4 is 25.1 Å². The number of aryl methyl sites for hydroxylation is 1. The number of ether oxygens (including phenoxy) is 2. The van der Waals surface area contributed by atoms with E-state index in [1.54, 1.807) is 13.3 Å². The van der Waals surface area contributed by atoms with E-state index in [0.717, 1.165) is 76.4 Å². The number of nitrogens with one attached hydrogen (secondary N) is 3. The van der Waals surface area contributed by atoms with Crippen molar-refractivity contribution in [1.82, 2.24) is 20.6 Å². The van der Waals surface area contributed by atoms with E-state index in [1.165, 1.54) is 0 Å². The summed E-state index contributed by atoms with van der Waals surface area (Å²) in [5.74, 6) is 2.52. The van der Waals surface area contributed by atoms with Crippen molar-refractivity contribution >= 4 is 34.1 Å². The zero-order valence-electron chi connectivity index (χ0n) is 23.9. The van der Waals surface area contributed by atoms with Crippen molar-refractivity contribution in [2.75, 3.05) is 13.7 Å². The van der Waals surface area contributed by atoms with Gasteiger partial charge in [0.1, 0.15) is 23.3 Å². The van der Waals surface area contributed by atoms with Gasteiger partial charge in [-0.3, -0.25) is 9.59 Å². The first-order valence-electron chi connectivity index (χ1n) is 14.2. The number of Topliss-reactive ketones (excluding diaryl/α,β-unsaturated/α-hetero) is 1. The van der Waals surface area contributed by atoms with Gasteiger partial charge in [-0.05, 0) is 79.7 Å². The number of rotatable bonds is 15. The molecular weight excluding hydrogens is 504 g/mol. The van der Waals surface area contributed by atoms with Crippen LogP contribution in [-0.2, 0) is 16.0 Å². The van der Waals surface area contributed by atoms with E-state index >= 15 is 0 Å². The summed E-state index contributed by atoms with van der Waals surface area (Å²) < 4.78 is 11.0. The van der Waals surface area contributed by atoms with E-state index in [-0.39, 0.29) is 18.4 Å². The number of methoxy groups -OCH3 is 1. The van der Waals surface area contributed by atoms with Crippen molar-refractivity contribution in [3.63, 3.8) is 0 Å². The van der Waals surface area contributed by atoms with Crippen molar-refractivity contribution in [3.8, 4) is 11.5 Å². The van der Waals surface area contributed by atoms with Gasteiger partial charge in [-0.1, -0.05) is 19.8 Å². The van der Waals surface area contributed by atoms with E-state index in [9.17, 15) is 9.59 Å². The molecule has 8 heteroatoms. The predicted molar refractivity (Wildman–Crippen MR) is 159 cm³/mol. The number of aromatic amines is 1. The van der Waals surface area contributed by atoms with Crippen LogP contribution in [-0.4, -0.2) is 42.3 Å². The molecule has 1 aliphatic heterocycles. The highest BCUT2D eigenvalue weighted by Crippen LogP contribution is 2.27. The summed E-state index contributed by atoms with van der Waals surface area (Å²) >= 11 is 0. The highest BCUT2D eigenvalue weighted by molar-refractivity contribution is 6.00. The first-order valence-corrected chi connectivity index (χ1v) is 14.2. The summed E-state index contributed by atoms with van der Waals surface area (Å²) in [4.78, 5) is 33.1. The third kappa shape index (κ3) is 7.31. The molecule has 2 aromatic carbocycles. The lowest BCUT2D eigenvalue weighted by Crippen LogP contribution is -2.47. The Balaban J connectivity index is 1.44. The molecule has 1 atom stereocenters. The summed E-state index contributed by atoms with van der Waals surface area (Å²) in [6.45, 7) is 6.47. The number of carbonyl (C=O) groups excluding carboxylic acids is 2. The van der Waals surface area contributed by atoms with Gasteiger partial charge < -0.3 is 19.8 Å². The Hall–Kier alpha value is -4.07. The van der Waals surface area contributed by atoms with Crippen LogP contribution in [0.15, 0.2) is 48.7 Å². The lowest BCUT2D eigenvalue weighted by molar-refractivity contribution is -0.121. The number of hydrogen-bond donors (Lipinski definition) is 3. The van der Waals surface area contributed by atoms with Crippen LogP contribution in [0.2, 0.25) is 0 Å². The molecule has 0 bridgehead atoms. The van der Waals surface area contributed by atoms with Gasteiger partial charge in [0.25, 0.3) is 0 Å². The van der Waals surface area contributed by atoms with Crippen LogP contribution in [0.4, 0.5) is 0 Å². The van der Waals surface area contributed by atoms with Crippen LogP contribution in [0.5, 0.6) is 11.5 Å². The Bertz CT molecular complexity index is 1390. The number of nitrogens with zero attached hydrogens (tertiary/aromatic N) is 1. The summed E-state index contributed by atoms with van der Waals surface area (Å²) in [7, 11) is 1.64. The SMILES string of the molecule is CCOc1ccc(C2=C[N+]=C([C@H](CCCCCC(=O)CC)NC(=O)Cc3c(C)[nH]c4ccc(OC)cc34)N2)cc1. The fourth-order valence-electron chi connectivity index (χ4n) is 4.98. The van der Waals surface area contributed by atoms with Crippen molar-refractivity contribution in [2.24, 2.45) is 0 Å². The first kappa shape index (κ1) is 28.9. The molecule has 8 nitrogen and oxygen atoms in total. The molecule has 0 unspecified atom stereocenters. The Morgan fingerprint density at radius 2 is 1.80 bits per heavy atom. The molecule has 1 aliphatic rings. The molecule has 1 amide bonds. The lowest BCUT2D eigenvalue weighted by atomic mass is 10.0. The largest absolute Gasteiger partial charge is 0.497 e. The topological polar surface area (TPSA) is 107 Å². The predicted octanol–water partition coefficient (Wildman–Crippen LogP) is 5.18. The first-order chi connectivity index (χ1) is 19.4. The molecule has 40 heavy (non-hydrogen) atoms. The summed E-state index contributed by atoms with van der Waals surface area (Å²) in [5.41, 5.74) is 4.77. The Labute approximate surface area is 236 Å². The van der Waals surface area contributed by atoms with Gasteiger partial charge in [-0.2, -0.15) is 0 Å². The molecule has 0 fully saturated rings. The van der Waals surface area contributed by atoms with Crippen LogP contribution >= 0.6 is 0 Å². The normalized spacial score (nSPS) is 13.4. The zero-order chi connectivity index (χ0) is 28.5. The van der Waals surface area contributed by atoms with Crippen LogP contribution in [0.1, 0.15) is 69.2 Å². The smallest absolute Gasteiger partial charge is 0.319 e. The van der Waals surface area contributed by atoms with Crippen molar-refractivity contribution < 1.29 is 19.1 Å². The molecular formula is C32H40N4O4+. The third-order valence-corrected chi connectivity index (χ3v) is 7.24. The average molecular weight is 545 g/mol. The summed E-state index contributed by atoms with van der Waals surface area (Å²) in [6, 6.07) is 13.4. The van der Waals surface area contributed by atoms with Gasteiger partial charge in [-0.25, -0.2) is 5.32 Å². The molecule has 3 N–H and O–H groups in total. The molecule has 2 heterocycles. The van der Waals surface area contributed by atoms with Gasteiger partial charge in [0.05, 0.1) is 20.1 Å². The second-order valence-electron chi connectivity index (χ2n) is 10.1. The van der Waals surface area contributed by atoms with Gasteiger partial charge in [0.15, 0.2) is 11.9 Å². The van der Waals surface area contributed by atoms with Gasteiger partial charge in [0.2, 0.25) is 5.91 Å². The number of carbonyl (C=O) groups is 2. The average Bonchev–Trinajstić information content (AvgIpc) is 3.57. The van der Waals surface area contributed by atoms with E-state index < -0.39 is 0 Å². The van der Waals surface area contributed by atoms with E-state index in [4.69, 9.17) is 9.47 Å². The lowest BCUT2D eigenvalue weighted by Gasteiger charge is -2.16. The zero-order valence-corrected chi connectivity index (χ0v) is 23.9. The number of H-pyrrole nitrogens is 1. The number of aliphatic imine (C=N–C) groups is 1. The Kier molecular flexibility index (Phi) is 10.00. The quantitative estimate of drug-likeness (QED) is 0.229. The number of unbranched alkanes of at least 4 members (excludes halogenated alkanes) is 2. The van der Waals surface area contributed by atoms with Crippen LogP contribution in [0, 0.1) is 6.92 Å². The van der Waals surface area contributed by atoms with E-state index in [0.29, 0.717) is 25.2 Å². The number of amidine groups is 1. The molecule has 4 rings (SSSR count). The molecule has 0 saturated carbocycles. The van der Waals surface area contributed by atoms with Crippen LogP contribution in [0.3, 0.4) is 0 Å². The molecule has 3 aromatic rings. The van der Waals surface area contributed by atoms with Gasteiger partial charge in [-0.15, -0.1) is 0 Å². The van der Waals surface area contributed by atoms with Gasteiger partial charge >= 0.3 is 5.84 Å². The van der Waals surface area contributed by atoms with E-state index in [1.807, 2.05) is 63.2 Å². The third-order valence-electron chi connectivity index (χ3n) is 7.24. The molecule has 0 saturated heterocycles. The number of fused-ring (bicyclic) bond motifs is 1. The van der Waals surface area contributed by atoms with Crippen molar-refractivity contribution in [2.45, 2.75) is 71.8 Å². The number of amides is 1. The molecule has 0 aliphatic carbocycles. The number of hydrogen-bond acceptors (Lipinski definition) is 6. The molecule has 0 spiro atoms. The minimum Gasteiger partial charge on any atom is -0.497 e. The fourth-order valence-corrected chi connectivity index (χ4v) is 4.98. The maximum absolute atomic E-state index is 13.4.